The highest BCUT2D eigenvalue weighted by atomic mass is 35.5. The van der Waals surface area contributed by atoms with E-state index < -0.39 is 0 Å². The Morgan fingerprint density at radius 3 is 2.40 bits per heavy atom. The number of benzene rings is 2. The van der Waals surface area contributed by atoms with Crippen LogP contribution in [-0.2, 0) is 6.61 Å². The predicted molar refractivity (Wildman–Crippen MR) is 82.7 cm³/mol. The molecule has 2 aromatic carbocycles. The first-order valence-corrected chi connectivity index (χ1v) is 6.68. The zero-order valence-electron chi connectivity index (χ0n) is 11.5. The predicted octanol–water partition coefficient (Wildman–Crippen LogP) is 3.82. The maximum Gasteiger partial charge on any atom is 0.138 e. The third kappa shape index (κ3) is 3.11. The topological polar surface area (TPSA) is 59.1 Å². The van der Waals surface area contributed by atoms with Gasteiger partial charge in [-0.15, -0.1) is 0 Å². The second-order valence-electron chi connectivity index (χ2n) is 4.72. The van der Waals surface area contributed by atoms with E-state index >= 15 is 0 Å². The summed E-state index contributed by atoms with van der Waals surface area (Å²) in [5.74, 6) is 0.590. The molecule has 4 heteroatoms. The minimum absolute atomic E-state index is 0.00630. The molecule has 0 bridgehead atoms. The van der Waals surface area contributed by atoms with Crippen LogP contribution < -0.4 is 10.5 Å². The van der Waals surface area contributed by atoms with Gasteiger partial charge in [0.15, 0.2) is 0 Å². The van der Waals surface area contributed by atoms with Crippen molar-refractivity contribution >= 4 is 17.4 Å². The molecule has 0 aromatic heterocycles. The van der Waals surface area contributed by atoms with Crippen molar-refractivity contribution in [2.75, 3.05) is 0 Å². The number of rotatable bonds is 4. The Morgan fingerprint density at radius 2 is 1.85 bits per heavy atom. The first kappa shape index (κ1) is 14.4. The van der Waals surface area contributed by atoms with Crippen LogP contribution in [0, 0.1) is 19.3 Å². The molecule has 2 rings (SSSR count). The van der Waals surface area contributed by atoms with Crippen molar-refractivity contribution < 1.29 is 4.74 Å². The summed E-state index contributed by atoms with van der Waals surface area (Å²) in [4.78, 5) is 0. The summed E-state index contributed by atoms with van der Waals surface area (Å²) < 4.78 is 5.78. The molecule has 0 radical (unpaired) electrons. The minimum atomic E-state index is -0.00630. The van der Waals surface area contributed by atoms with Crippen LogP contribution in [0.5, 0.6) is 5.75 Å². The van der Waals surface area contributed by atoms with Gasteiger partial charge in [0.25, 0.3) is 0 Å². The van der Waals surface area contributed by atoms with Gasteiger partial charge in [-0.2, -0.15) is 0 Å². The van der Waals surface area contributed by atoms with Gasteiger partial charge in [-0.05, 0) is 48.7 Å². The third-order valence-corrected chi connectivity index (χ3v) is 3.55. The van der Waals surface area contributed by atoms with E-state index in [1.165, 1.54) is 16.7 Å². The van der Waals surface area contributed by atoms with E-state index in [0.717, 1.165) is 0 Å². The number of amidine groups is 1. The molecule has 0 aliphatic carbocycles. The highest BCUT2D eigenvalue weighted by Gasteiger charge is 2.07. The second kappa shape index (κ2) is 5.97. The fourth-order valence-corrected chi connectivity index (χ4v) is 2.25. The SMILES string of the molecule is Cc1cccc(C)c1COc1ccc(C(=N)N)cc1Cl. The van der Waals surface area contributed by atoms with Crippen molar-refractivity contribution in [3.8, 4) is 5.75 Å². The molecule has 0 saturated heterocycles. The molecule has 104 valence electrons. The Hall–Kier alpha value is -2.00. The van der Waals surface area contributed by atoms with Crippen LogP contribution in [0.2, 0.25) is 5.02 Å². The molecule has 0 amide bonds. The lowest BCUT2D eigenvalue weighted by molar-refractivity contribution is 0.305. The summed E-state index contributed by atoms with van der Waals surface area (Å²) in [6, 6.07) is 11.3. The van der Waals surface area contributed by atoms with Crippen LogP contribution in [0.25, 0.3) is 0 Å². The summed E-state index contributed by atoms with van der Waals surface area (Å²) in [7, 11) is 0. The van der Waals surface area contributed by atoms with Gasteiger partial charge < -0.3 is 10.5 Å². The number of nitrogens with two attached hydrogens (primary N) is 1. The molecule has 0 fully saturated rings. The highest BCUT2D eigenvalue weighted by Crippen LogP contribution is 2.27. The molecule has 0 heterocycles. The lowest BCUT2D eigenvalue weighted by Crippen LogP contribution is -2.10. The van der Waals surface area contributed by atoms with E-state index in [1.807, 2.05) is 6.07 Å². The Labute approximate surface area is 123 Å². The van der Waals surface area contributed by atoms with Gasteiger partial charge in [-0.25, -0.2) is 0 Å². The molecular weight excluding hydrogens is 272 g/mol. The van der Waals surface area contributed by atoms with Crippen molar-refractivity contribution in [2.45, 2.75) is 20.5 Å². The molecule has 2 aromatic rings. The Morgan fingerprint density at radius 1 is 1.20 bits per heavy atom. The fraction of sp³-hybridized carbons (Fsp3) is 0.188. The number of nitrogen functional groups attached to an aromatic ring is 1. The Kier molecular flexibility index (Phi) is 4.30. The summed E-state index contributed by atoms with van der Waals surface area (Å²) in [5, 5.41) is 7.84. The van der Waals surface area contributed by atoms with Crippen LogP contribution in [0.15, 0.2) is 36.4 Å². The van der Waals surface area contributed by atoms with Crippen LogP contribution in [0.4, 0.5) is 0 Å². The number of hydrogen-bond acceptors (Lipinski definition) is 2. The van der Waals surface area contributed by atoms with Gasteiger partial charge in [0.2, 0.25) is 0 Å². The van der Waals surface area contributed by atoms with Crippen LogP contribution >= 0.6 is 11.6 Å². The quantitative estimate of drug-likeness (QED) is 0.664. The zero-order valence-corrected chi connectivity index (χ0v) is 12.3. The molecule has 0 aliphatic heterocycles. The summed E-state index contributed by atoms with van der Waals surface area (Å²) >= 11 is 6.14. The lowest BCUT2D eigenvalue weighted by Gasteiger charge is -2.13. The van der Waals surface area contributed by atoms with E-state index in [1.54, 1.807) is 18.2 Å². The molecular formula is C16H17ClN2O. The van der Waals surface area contributed by atoms with Crippen molar-refractivity contribution in [2.24, 2.45) is 5.73 Å². The van der Waals surface area contributed by atoms with Crippen molar-refractivity contribution in [3.63, 3.8) is 0 Å². The normalized spacial score (nSPS) is 10.3. The standard InChI is InChI=1S/C16H17ClN2O/c1-10-4-3-5-11(2)13(10)9-20-15-7-6-12(16(18)19)8-14(15)17/h3-8H,9H2,1-2H3,(H3,18,19). The van der Waals surface area contributed by atoms with Gasteiger partial charge >= 0.3 is 0 Å². The first-order valence-electron chi connectivity index (χ1n) is 6.31. The fourth-order valence-electron chi connectivity index (χ4n) is 2.01. The number of aryl methyl sites for hydroxylation is 2. The largest absolute Gasteiger partial charge is 0.487 e. The van der Waals surface area contributed by atoms with Gasteiger partial charge in [-0.3, -0.25) is 5.41 Å². The average Bonchev–Trinajstić information content (AvgIpc) is 2.39. The molecule has 0 atom stereocenters. The van der Waals surface area contributed by atoms with Crippen LogP contribution in [0.3, 0.4) is 0 Å². The second-order valence-corrected chi connectivity index (χ2v) is 5.13. The molecule has 0 aliphatic rings. The maximum absolute atomic E-state index is 7.37. The number of ether oxygens (including phenoxy) is 1. The summed E-state index contributed by atoms with van der Waals surface area (Å²) in [6.07, 6.45) is 0. The zero-order chi connectivity index (χ0) is 14.7. The molecule has 3 N–H and O–H groups in total. The van der Waals surface area contributed by atoms with Crippen molar-refractivity contribution in [1.29, 1.82) is 5.41 Å². The molecule has 0 spiro atoms. The van der Waals surface area contributed by atoms with Crippen LogP contribution in [-0.4, -0.2) is 5.84 Å². The number of nitrogens with one attached hydrogen (secondary N) is 1. The molecule has 20 heavy (non-hydrogen) atoms. The van der Waals surface area contributed by atoms with Gasteiger partial charge in [0.05, 0.1) is 5.02 Å². The number of hydrogen-bond donors (Lipinski definition) is 2. The minimum Gasteiger partial charge on any atom is -0.487 e. The maximum atomic E-state index is 7.37. The van der Waals surface area contributed by atoms with E-state index in [2.05, 4.69) is 26.0 Å². The molecule has 3 nitrogen and oxygen atoms in total. The van der Waals surface area contributed by atoms with Gasteiger partial charge in [-0.1, -0.05) is 29.8 Å². The molecule has 0 saturated carbocycles. The summed E-state index contributed by atoms with van der Waals surface area (Å²) in [6.45, 7) is 4.59. The third-order valence-electron chi connectivity index (χ3n) is 3.26. The van der Waals surface area contributed by atoms with Gasteiger partial charge in [0.1, 0.15) is 18.2 Å². The van der Waals surface area contributed by atoms with Crippen LogP contribution in [0.1, 0.15) is 22.3 Å². The van der Waals surface area contributed by atoms with Crippen molar-refractivity contribution in [1.82, 2.24) is 0 Å². The monoisotopic (exact) mass is 288 g/mol. The Balaban J connectivity index is 2.17. The van der Waals surface area contributed by atoms with E-state index in [4.69, 9.17) is 27.5 Å². The Bertz CT molecular complexity index is 633. The van der Waals surface area contributed by atoms with E-state index in [9.17, 15) is 0 Å². The molecule has 0 unspecified atom stereocenters. The van der Waals surface area contributed by atoms with Gasteiger partial charge in [0, 0.05) is 5.56 Å². The highest BCUT2D eigenvalue weighted by molar-refractivity contribution is 6.32. The van der Waals surface area contributed by atoms with E-state index in [0.29, 0.717) is 22.9 Å². The summed E-state index contributed by atoms with van der Waals surface area (Å²) in [5.41, 5.74) is 9.57. The smallest absolute Gasteiger partial charge is 0.138 e. The average molecular weight is 289 g/mol. The van der Waals surface area contributed by atoms with Crippen molar-refractivity contribution in [3.05, 3.63) is 63.7 Å². The number of halogens is 1. The van der Waals surface area contributed by atoms with E-state index in [-0.39, 0.29) is 5.84 Å². The first-order chi connectivity index (χ1) is 9.49. The lowest BCUT2D eigenvalue weighted by atomic mass is 10.0.